The van der Waals surface area contributed by atoms with E-state index in [4.69, 9.17) is 27.9 Å². The Morgan fingerprint density at radius 3 is 2.77 bits per heavy atom. The fourth-order valence-electron chi connectivity index (χ4n) is 2.09. The maximum atomic E-state index is 12.4. The van der Waals surface area contributed by atoms with Crippen LogP contribution in [0, 0.1) is 0 Å². The number of benzene rings is 1. The van der Waals surface area contributed by atoms with E-state index in [-0.39, 0.29) is 11.8 Å². The summed E-state index contributed by atoms with van der Waals surface area (Å²) in [6.45, 7) is 0.629. The van der Waals surface area contributed by atoms with Gasteiger partial charge in [0.1, 0.15) is 11.3 Å². The van der Waals surface area contributed by atoms with Crippen LogP contribution in [0.5, 0.6) is 11.6 Å². The molecule has 1 saturated heterocycles. The van der Waals surface area contributed by atoms with Crippen molar-refractivity contribution in [1.82, 2.24) is 9.88 Å². The number of likely N-dealkylation sites (tertiary alicyclic amines) is 1. The Bertz CT molecular complexity index is 718. The molecule has 2 aromatic rings. The highest BCUT2D eigenvalue weighted by Gasteiger charge is 2.31. The molecule has 0 saturated carbocycles. The zero-order valence-electron chi connectivity index (χ0n) is 11.4. The summed E-state index contributed by atoms with van der Waals surface area (Å²) < 4.78 is 5.65. The predicted octanol–water partition coefficient (Wildman–Crippen LogP) is 3.00. The third-order valence-electron chi connectivity index (χ3n) is 3.25. The first-order valence-corrected chi connectivity index (χ1v) is 7.35. The van der Waals surface area contributed by atoms with Gasteiger partial charge in [-0.05, 0) is 30.3 Å². The van der Waals surface area contributed by atoms with Gasteiger partial charge in [-0.1, -0.05) is 23.2 Å². The predicted molar refractivity (Wildman–Crippen MR) is 82.7 cm³/mol. The summed E-state index contributed by atoms with van der Waals surface area (Å²) in [6.07, 6.45) is 1.07. The van der Waals surface area contributed by atoms with Crippen LogP contribution in [0.1, 0.15) is 10.4 Å². The number of aromatic nitrogens is 1. The van der Waals surface area contributed by atoms with Crippen LogP contribution in [0.25, 0.3) is 0 Å². The molecular weight excluding hydrogens is 327 g/mol. The summed E-state index contributed by atoms with van der Waals surface area (Å²) in [4.78, 5) is 18.0. The third-order valence-corrected chi connectivity index (χ3v) is 3.78. The highest BCUT2D eigenvalue weighted by Crippen LogP contribution is 2.32. The maximum absolute atomic E-state index is 12.4. The Balaban J connectivity index is 1.86. The monoisotopic (exact) mass is 338 g/mol. The first-order valence-electron chi connectivity index (χ1n) is 6.60. The number of hydrogen-bond acceptors (Lipinski definition) is 4. The van der Waals surface area contributed by atoms with Crippen molar-refractivity contribution in [3.05, 3.63) is 52.1 Å². The molecule has 0 atom stereocenters. The minimum atomic E-state index is -0.462. The molecule has 7 heteroatoms. The standard InChI is InChI=1S/C15H12Cl2N2O3/c16-9-3-4-13(12(17)6-9)22-14-11(2-1-5-18-14)15(21)19-7-10(20)8-19/h1-6,10,20H,7-8H2. The van der Waals surface area contributed by atoms with Crippen molar-refractivity contribution in [1.29, 1.82) is 0 Å². The maximum Gasteiger partial charge on any atom is 0.259 e. The van der Waals surface area contributed by atoms with Crippen molar-refractivity contribution in [2.45, 2.75) is 6.10 Å². The molecule has 1 aromatic heterocycles. The van der Waals surface area contributed by atoms with Crippen molar-refractivity contribution >= 4 is 29.1 Å². The van der Waals surface area contributed by atoms with Crippen LogP contribution in [-0.2, 0) is 0 Å². The molecule has 2 heterocycles. The summed E-state index contributed by atoms with van der Waals surface area (Å²) in [5.41, 5.74) is 0.320. The van der Waals surface area contributed by atoms with Crippen molar-refractivity contribution in [2.75, 3.05) is 13.1 Å². The molecule has 1 N–H and O–H groups in total. The largest absolute Gasteiger partial charge is 0.437 e. The van der Waals surface area contributed by atoms with Crippen LogP contribution in [0.3, 0.4) is 0 Å². The second kappa shape index (κ2) is 6.12. The van der Waals surface area contributed by atoms with Crippen LogP contribution >= 0.6 is 23.2 Å². The summed E-state index contributed by atoms with van der Waals surface area (Å²) >= 11 is 11.9. The van der Waals surface area contributed by atoms with Gasteiger partial charge in [-0.2, -0.15) is 0 Å². The number of carbonyl (C=O) groups excluding carboxylic acids is 1. The highest BCUT2D eigenvalue weighted by molar-refractivity contribution is 6.35. The minimum Gasteiger partial charge on any atom is -0.437 e. The second-order valence-corrected chi connectivity index (χ2v) is 5.74. The van der Waals surface area contributed by atoms with Gasteiger partial charge in [0, 0.05) is 24.3 Å². The number of β-amino-alcohol motifs (C(OH)–C–C–N with tert-alkyl or cyclic N) is 1. The van der Waals surface area contributed by atoms with Crippen LogP contribution in [-0.4, -0.2) is 40.1 Å². The van der Waals surface area contributed by atoms with E-state index in [0.29, 0.717) is 34.4 Å². The number of ether oxygens (including phenoxy) is 1. The summed E-state index contributed by atoms with van der Waals surface area (Å²) in [6, 6.07) is 8.08. The lowest BCUT2D eigenvalue weighted by Crippen LogP contribution is -2.53. The van der Waals surface area contributed by atoms with Gasteiger partial charge in [0.25, 0.3) is 5.91 Å². The molecule has 0 radical (unpaired) electrons. The first-order chi connectivity index (χ1) is 10.5. The Morgan fingerprint density at radius 2 is 2.09 bits per heavy atom. The van der Waals surface area contributed by atoms with Gasteiger partial charge in [0.05, 0.1) is 11.1 Å². The average Bonchev–Trinajstić information content (AvgIpc) is 2.47. The van der Waals surface area contributed by atoms with Gasteiger partial charge in [-0.3, -0.25) is 4.79 Å². The molecule has 1 aliphatic heterocycles. The Hall–Kier alpha value is -1.82. The molecule has 1 fully saturated rings. The van der Waals surface area contributed by atoms with Crippen molar-refractivity contribution in [2.24, 2.45) is 0 Å². The molecular formula is C15H12Cl2N2O3. The quantitative estimate of drug-likeness (QED) is 0.934. The summed E-state index contributed by atoms with van der Waals surface area (Å²) in [7, 11) is 0. The van der Waals surface area contributed by atoms with E-state index in [1.165, 1.54) is 11.1 Å². The summed E-state index contributed by atoms with van der Waals surface area (Å²) in [5.74, 6) is 0.291. The zero-order chi connectivity index (χ0) is 15.7. The van der Waals surface area contributed by atoms with E-state index in [1.807, 2.05) is 0 Å². The number of amides is 1. The van der Waals surface area contributed by atoms with Crippen LogP contribution in [0.15, 0.2) is 36.5 Å². The second-order valence-electron chi connectivity index (χ2n) is 4.90. The molecule has 1 aliphatic rings. The molecule has 0 unspecified atom stereocenters. The van der Waals surface area contributed by atoms with E-state index < -0.39 is 6.10 Å². The lowest BCUT2D eigenvalue weighted by Gasteiger charge is -2.35. The van der Waals surface area contributed by atoms with Gasteiger partial charge in [-0.15, -0.1) is 0 Å². The normalized spacial score (nSPS) is 14.6. The Morgan fingerprint density at radius 1 is 1.32 bits per heavy atom. The number of aliphatic hydroxyl groups is 1. The number of carbonyl (C=O) groups is 1. The van der Waals surface area contributed by atoms with Crippen molar-refractivity contribution < 1.29 is 14.6 Å². The molecule has 0 bridgehead atoms. The fraction of sp³-hybridized carbons (Fsp3) is 0.200. The lowest BCUT2D eigenvalue weighted by atomic mass is 10.1. The number of aliphatic hydroxyl groups excluding tert-OH is 1. The molecule has 0 spiro atoms. The molecule has 114 valence electrons. The fourth-order valence-corrected chi connectivity index (χ4v) is 2.54. The number of nitrogens with zero attached hydrogens (tertiary/aromatic N) is 2. The lowest BCUT2D eigenvalue weighted by molar-refractivity contribution is 0.00569. The van der Waals surface area contributed by atoms with Crippen LogP contribution < -0.4 is 4.74 Å². The van der Waals surface area contributed by atoms with Gasteiger partial charge in [0.2, 0.25) is 5.88 Å². The zero-order valence-corrected chi connectivity index (χ0v) is 12.9. The molecule has 1 aromatic carbocycles. The number of pyridine rings is 1. The van der Waals surface area contributed by atoms with Gasteiger partial charge >= 0.3 is 0 Å². The smallest absolute Gasteiger partial charge is 0.259 e. The number of halogens is 2. The third kappa shape index (κ3) is 3.02. The van der Waals surface area contributed by atoms with Crippen molar-refractivity contribution in [3.63, 3.8) is 0 Å². The average molecular weight is 339 g/mol. The SMILES string of the molecule is O=C(c1cccnc1Oc1ccc(Cl)cc1Cl)N1CC(O)C1. The molecule has 22 heavy (non-hydrogen) atoms. The minimum absolute atomic E-state index is 0.165. The van der Waals surface area contributed by atoms with Crippen molar-refractivity contribution in [3.8, 4) is 11.6 Å². The Kier molecular flexibility index (Phi) is 4.20. The molecule has 5 nitrogen and oxygen atoms in total. The van der Waals surface area contributed by atoms with Gasteiger partial charge < -0.3 is 14.7 Å². The van der Waals surface area contributed by atoms with Gasteiger partial charge in [0.15, 0.2) is 0 Å². The highest BCUT2D eigenvalue weighted by atomic mass is 35.5. The van der Waals surface area contributed by atoms with Crippen LogP contribution in [0.4, 0.5) is 0 Å². The van der Waals surface area contributed by atoms with E-state index >= 15 is 0 Å². The van der Waals surface area contributed by atoms with E-state index in [9.17, 15) is 9.90 Å². The van der Waals surface area contributed by atoms with E-state index in [2.05, 4.69) is 4.98 Å². The van der Waals surface area contributed by atoms with E-state index in [1.54, 1.807) is 30.3 Å². The van der Waals surface area contributed by atoms with Gasteiger partial charge in [-0.25, -0.2) is 4.98 Å². The topological polar surface area (TPSA) is 62.7 Å². The van der Waals surface area contributed by atoms with E-state index in [0.717, 1.165) is 0 Å². The molecule has 3 rings (SSSR count). The first kappa shape index (κ1) is 15.1. The summed E-state index contributed by atoms with van der Waals surface area (Å²) in [5, 5.41) is 10.1. The Labute approximate surface area is 137 Å². The molecule has 1 amide bonds. The number of rotatable bonds is 3. The number of hydrogen-bond donors (Lipinski definition) is 1. The van der Waals surface area contributed by atoms with Crippen LogP contribution in [0.2, 0.25) is 10.0 Å². The molecule has 0 aliphatic carbocycles.